The standard InChI is InChI=1S/C20H34N4O/c1-7-21-19(23(6)15-18(25)24(8-2)9-3)22-16-20(4,5)17-13-11-10-12-14-17/h10-14H,7-9,15-16H2,1-6H3,(H,21,22). The molecule has 140 valence electrons. The van der Waals surface area contributed by atoms with Gasteiger partial charge in [0.05, 0.1) is 13.1 Å². The molecule has 0 atom stereocenters. The van der Waals surface area contributed by atoms with Gasteiger partial charge in [0, 0.05) is 32.1 Å². The van der Waals surface area contributed by atoms with Crippen LogP contribution < -0.4 is 5.32 Å². The lowest BCUT2D eigenvalue weighted by Crippen LogP contribution is -2.46. The smallest absolute Gasteiger partial charge is 0.242 e. The van der Waals surface area contributed by atoms with Crippen LogP contribution in [0.25, 0.3) is 0 Å². The number of carbonyl (C=O) groups is 1. The Balaban J connectivity index is 2.83. The Kier molecular flexibility index (Phi) is 8.46. The van der Waals surface area contributed by atoms with Gasteiger partial charge in [-0.15, -0.1) is 0 Å². The monoisotopic (exact) mass is 346 g/mol. The van der Waals surface area contributed by atoms with Crippen LogP contribution in [0.2, 0.25) is 0 Å². The van der Waals surface area contributed by atoms with Gasteiger partial charge in [-0.05, 0) is 26.3 Å². The van der Waals surface area contributed by atoms with Crippen molar-refractivity contribution in [2.75, 3.05) is 39.8 Å². The molecular formula is C20H34N4O. The van der Waals surface area contributed by atoms with Crippen LogP contribution in [-0.2, 0) is 10.2 Å². The maximum Gasteiger partial charge on any atom is 0.242 e. The molecule has 0 heterocycles. The lowest BCUT2D eigenvalue weighted by atomic mass is 9.85. The van der Waals surface area contributed by atoms with E-state index in [1.807, 2.05) is 43.7 Å². The molecule has 0 aromatic heterocycles. The zero-order valence-corrected chi connectivity index (χ0v) is 16.7. The number of carbonyl (C=O) groups excluding carboxylic acids is 1. The SMILES string of the molecule is CCNC(=NCC(C)(C)c1ccccc1)N(C)CC(=O)N(CC)CC. The van der Waals surface area contributed by atoms with Gasteiger partial charge in [-0.25, -0.2) is 0 Å². The lowest BCUT2D eigenvalue weighted by molar-refractivity contribution is -0.131. The van der Waals surface area contributed by atoms with Gasteiger partial charge in [-0.1, -0.05) is 44.2 Å². The molecule has 1 aromatic carbocycles. The summed E-state index contributed by atoms with van der Waals surface area (Å²) in [6.07, 6.45) is 0. The van der Waals surface area contributed by atoms with Gasteiger partial charge in [0.15, 0.2) is 5.96 Å². The number of likely N-dealkylation sites (N-methyl/N-ethyl adjacent to an activating group) is 2. The van der Waals surface area contributed by atoms with E-state index >= 15 is 0 Å². The van der Waals surface area contributed by atoms with Crippen LogP contribution in [0.5, 0.6) is 0 Å². The maximum absolute atomic E-state index is 12.3. The van der Waals surface area contributed by atoms with Gasteiger partial charge in [-0.2, -0.15) is 0 Å². The average molecular weight is 347 g/mol. The molecule has 5 nitrogen and oxygen atoms in total. The van der Waals surface area contributed by atoms with Crippen molar-refractivity contribution in [1.29, 1.82) is 0 Å². The summed E-state index contributed by atoms with van der Waals surface area (Å²) in [7, 11) is 1.92. The Morgan fingerprint density at radius 2 is 1.72 bits per heavy atom. The predicted octanol–water partition coefficient (Wildman–Crippen LogP) is 2.73. The Morgan fingerprint density at radius 3 is 2.24 bits per heavy atom. The summed E-state index contributed by atoms with van der Waals surface area (Å²) in [5.74, 6) is 0.896. The van der Waals surface area contributed by atoms with Crippen molar-refractivity contribution >= 4 is 11.9 Å². The fourth-order valence-corrected chi connectivity index (χ4v) is 2.68. The van der Waals surface area contributed by atoms with Crippen LogP contribution in [0, 0.1) is 0 Å². The summed E-state index contributed by atoms with van der Waals surface area (Å²) in [5, 5.41) is 3.29. The molecule has 0 bridgehead atoms. The lowest BCUT2D eigenvalue weighted by Gasteiger charge is -2.28. The fraction of sp³-hybridized carbons (Fsp3) is 0.600. The van der Waals surface area contributed by atoms with Crippen LogP contribution in [0.15, 0.2) is 35.3 Å². The Hall–Kier alpha value is -2.04. The van der Waals surface area contributed by atoms with Crippen molar-refractivity contribution < 1.29 is 4.79 Å². The number of rotatable bonds is 8. The Bertz CT molecular complexity index is 550. The third-order valence-corrected chi connectivity index (χ3v) is 4.36. The highest BCUT2D eigenvalue weighted by molar-refractivity contribution is 5.86. The summed E-state index contributed by atoms with van der Waals surface area (Å²) < 4.78 is 0. The van der Waals surface area contributed by atoms with Crippen molar-refractivity contribution in [3.63, 3.8) is 0 Å². The fourth-order valence-electron chi connectivity index (χ4n) is 2.68. The largest absolute Gasteiger partial charge is 0.357 e. The first kappa shape index (κ1) is 21.0. The molecule has 0 aliphatic rings. The minimum Gasteiger partial charge on any atom is -0.357 e. The van der Waals surface area contributed by atoms with E-state index in [4.69, 9.17) is 4.99 Å². The van der Waals surface area contributed by atoms with Crippen LogP contribution in [-0.4, -0.2) is 61.4 Å². The van der Waals surface area contributed by atoms with E-state index in [1.165, 1.54) is 5.56 Å². The van der Waals surface area contributed by atoms with E-state index < -0.39 is 0 Å². The third kappa shape index (κ3) is 6.40. The van der Waals surface area contributed by atoms with Crippen LogP contribution in [0.1, 0.15) is 40.2 Å². The molecule has 0 fully saturated rings. The summed E-state index contributed by atoms with van der Waals surface area (Å²) in [5.41, 5.74) is 1.20. The van der Waals surface area contributed by atoms with Gasteiger partial charge in [-0.3, -0.25) is 9.79 Å². The van der Waals surface area contributed by atoms with Crippen LogP contribution in [0.4, 0.5) is 0 Å². The first-order chi connectivity index (χ1) is 11.9. The number of nitrogens with zero attached hydrogens (tertiary/aromatic N) is 3. The van der Waals surface area contributed by atoms with Gasteiger partial charge in [0.1, 0.15) is 0 Å². The maximum atomic E-state index is 12.3. The minimum absolute atomic E-state index is 0.0638. The van der Waals surface area contributed by atoms with Gasteiger partial charge in [0.2, 0.25) is 5.91 Å². The van der Waals surface area contributed by atoms with Crippen LogP contribution in [0.3, 0.4) is 0 Å². The Labute approximate surface area is 153 Å². The molecule has 0 saturated heterocycles. The van der Waals surface area contributed by atoms with Crippen molar-refractivity contribution in [3.05, 3.63) is 35.9 Å². The third-order valence-electron chi connectivity index (χ3n) is 4.36. The predicted molar refractivity (Wildman–Crippen MR) is 106 cm³/mol. The topological polar surface area (TPSA) is 47.9 Å². The van der Waals surface area contributed by atoms with Crippen LogP contribution >= 0.6 is 0 Å². The number of nitrogens with one attached hydrogen (secondary N) is 1. The highest BCUT2D eigenvalue weighted by Crippen LogP contribution is 2.23. The average Bonchev–Trinajstić information content (AvgIpc) is 2.60. The quantitative estimate of drug-likeness (QED) is 0.582. The number of hydrogen-bond donors (Lipinski definition) is 1. The van der Waals surface area contributed by atoms with Crippen molar-refractivity contribution in [2.24, 2.45) is 4.99 Å². The second-order valence-electron chi connectivity index (χ2n) is 6.84. The second-order valence-corrected chi connectivity index (χ2v) is 6.84. The molecule has 1 rings (SSSR count). The number of guanidine groups is 1. The number of benzene rings is 1. The minimum atomic E-state index is -0.0638. The molecule has 1 amide bonds. The highest BCUT2D eigenvalue weighted by atomic mass is 16.2. The zero-order chi connectivity index (χ0) is 18.9. The molecule has 0 spiro atoms. The first-order valence-corrected chi connectivity index (χ1v) is 9.18. The second kappa shape index (κ2) is 10.1. The van der Waals surface area contributed by atoms with E-state index in [2.05, 4.69) is 43.4 Å². The van der Waals surface area contributed by atoms with E-state index in [9.17, 15) is 4.79 Å². The molecular weight excluding hydrogens is 312 g/mol. The molecule has 0 aliphatic heterocycles. The number of amides is 1. The summed E-state index contributed by atoms with van der Waals surface area (Å²) >= 11 is 0. The van der Waals surface area contributed by atoms with Crippen molar-refractivity contribution in [1.82, 2.24) is 15.1 Å². The molecule has 0 unspecified atom stereocenters. The van der Waals surface area contributed by atoms with Gasteiger partial charge >= 0.3 is 0 Å². The Morgan fingerprint density at radius 1 is 1.12 bits per heavy atom. The van der Waals surface area contributed by atoms with Gasteiger partial charge in [0.25, 0.3) is 0 Å². The van der Waals surface area contributed by atoms with Crippen molar-refractivity contribution in [3.8, 4) is 0 Å². The molecule has 0 aliphatic carbocycles. The first-order valence-electron chi connectivity index (χ1n) is 9.18. The normalized spacial score (nSPS) is 12.0. The summed E-state index contributed by atoms with van der Waals surface area (Å²) in [4.78, 5) is 20.9. The summed E-state index contributed by atoms with van der Waals surface area (Å²) in [6, 6.07) is 10.4. The molecule has 0 radical (unpaired) electrons. The van der Waals surface area contributed by atoms with E-state index in [1.54, 1.807) is 0 Å². The van der Waals surface area contributed by atoms with Crippen molar-refractivity contribution in [2.45, 2.75) is 40.0 Å². The van der Waals surface area contributed by atoms with E-state index in [0.29, 0.717) is 13.1 Å². The molecule has 0 saturated carbocycles. The highest BCUT2D eigenvalue weighted by Gasteiger charge is 2.21. The molecule has 25 heavy (non-hydrogen) atoms. The molecule has 1 aromatic rings. The van der Waals surface area contributed by atoms with E-state index in [0.717, 1.165) is 25.6 Å². The molecule has 1 N–H and O–H groups in total. The van der Waals surface area contributed by atoms with Gasteiger partial charge < -0.3 is 15.1 Å². The zero-order valence-electron chi connectivity index (χ0n) is 16.7. The molecule has 5 heteroatoms. The van der Waals surface area contributed by atoms with E-state index in [-0.39, 0.29) is 11.3 Å². The number of hydrogen-bond acceptors (Lipinski definition) is 2. The summed E-state index contributed by atoms with van der Waals surface area (Å²) in [6.45, 7) is 13.7. The number of aliphatic imine (C=N–C) groups is 1.